The van der Waals surface area contributed by atoms with E-state index >= 15 is 0 Å². The molecule has 2 aromatic carbocycles. The van der Waals surface area contributed by atoms with E-state index in [0.717, 1.165) is 37.2 Å². The first kappa shape index (κ1) is 15.0. The van der Waals surface area contributed by atoms with Gasteiger partial charge in [-0.25, -0.2) is 0 Å². The lowest BCUT2D eigenvalue weighted by molar-refractivity contribution is 1.24. The number of nitrogens with zero attached hydrogens (tertiary/aromatic N) is 2. The maximum Gasteiger partial charge on any atom is 0.102 e. The summed E-state index contributed by atoms with van der Waals surface area (Å²) in [5, 5.41) is 21.3. The Kier molecular flexibility index (Phi) is 3.42. The van der Waals surface area contributed by atoms with Crippen LogP contribution in [-0.4, -0.2) is 0 Å². The van der Waals surface area contributed by atoms with Crippen LogP contribution in [0.4, 0.5) is 5.69 Å². The van der Waals surface area contributed by atoms with Crippen molar-refractivity contribution in [3.8, 4) is 33.7 Å². The Bertz CT molecular complexity index is 1070. The molecule has 1 aromatic heterocycles. The molecule has 0 aliphatic heterocycles. The molecule has 5 heteroatoms. The van der Waals surface area contributed by atoms with Crippen molar-refractivity contribution in [3.63, 3.8) is 0 Å². The molecule has 1 aliphatic rings. The molecular weight excluding hydrogens is 382 g/mol. The number of halogens is 1. The fraction of sp³-hybridized carbons (Fsp3) is 0.0526. The van der Waals surface area contributed by atoms with Gasteiger partial charge >= 0.3 is 0 Å². The average molecular weight is 392 g/mol. The maximum atomic E-state index is 9.68. The predicted octanol–water partition coefficient (Wildman–Crippen LogP) is 5.07. The summed E-state index contributed by atoms with van der Waals surface area (Å²) in [6, 6.07) is 14.3. The van der Waals surface area contributed by atoms with Crippen LogP contribution in [0.3, 0.4) is 0 Å². The number of hydrogen-bond donors (Lipinski definition) is 1. The van der Waals surface area contributed by atoms with Crippen molar-refractivity contribution in [2.24, 2.45) is 0 Å². The highest BCUT2D eigenvalue weighted by Crippen LogP contribution is 2.49. The molecule has 0 amide bonds. The highest BCUT2D eigenvalue weighted by atomic mass is 79.9. The number of nitrogen functional groups attached to an aromatic ring is 1. The Morgan fingerprint density at radius 3 is 2.42 bits per heavy atom. The van der Waals surface area contributed by atoms with Crippen LogP contribution in [0.25, 0.3) is 21.6 Å². The lowest BCUT2D eigenvalue weighted by Gasteiger charge is -2.14. The molecule has 0 fully saturated rings. The summed E-state index contributed by atoms with van der Waals surface area (Å²) in [5.74, 6) is 0. The number of rotatable bonds is 1. The van der Waals surface area contributed by atoms with Gasteiger partial charge in [0.1, 0.15) is 12.1 Å². The van der Waals surface area contributed by atoms with Crippen molar-refractivity contribution in [2.75, 3.05) is 5.73 Å². The Labute approximate surface area is 151 Å². The Morgan fingerprint density at radius 1 is 1.00 bits per heavy atom. The zero-order chi connectivity index (χ0) is 16.8. The molecule has 0 saturated carbocycles. The van der Waals surface area contributed by atoms with E-state index in [4.69, 9.17) is 5.73 Å². The molecule has 24 heavy (non-hydrogen) atoms. The van der Waals surface area contributed by atoms with Crippen LogP contribution in [0, 0.1) is 22.7 Å². The van der Waals surface area contributed by atoms with Gasteiger partial charge in [-0.3, -0.25) is 0 Å². The van der Waals surface area contributed by atoms with E-state index in [9.17, 15) is 10.5 Å². The number of fused-ring (bicyclic) bond motifs is 3. The third-order valence-electron chi connectivity index (χ3n) is 4.38. The van der Waals surface area contributed by atoms with Crippen LogP contribution >= 0.6 is 27.3 Å². The van der Waals surface area contributed by atoms with Crippen molar-refractivity contribution in [2.45, 2.75) is 6.42 Å². The highest BCUT2D eigenvalue weighted by molar-refractivity contribution is 9.10. The maximum absolute atomic E-state index is 9.68. The zero-order valence-electron chi connectivity index (χ0n) is 12.4. The third-order valence-corrected chi connectivity index (χ3v) is 6.01. The van der Waals surface area contributed by atoms with Gasteiger partial charge in [0, 0.05) is 26.9 Å². The SMILES string of the molecule is N#Cc1c(N)c(C#N)c2c(c1-c1cccs1)Cc1c(Br)cccc1-2. The molecule has 0 radical (unpaired) electrons. The summed E-state index contributed by atoms with van der Waals surface area (Å²) in [6.07, 6.45) is 0.683. The topological polar surface area (TPSA) is 73.6 Å². The van der Waals surface area contributed by atoms with Gasteiger partial charge in [0.05, 0.1) is 16.8 Å². The standard InChI is InChI=1S/C19H10BrN3S/c20-15-4-1-3-10-11(15)7-12-17(10)13(8-21)19(23)14(9-22)18(12)16-5-2-6-24-16/h1-6H,7,23H2. The van der Waals surface area contributed by atoms with E-state index in [-0.39, 0.29) is 5.69 Å². The molecule has 1 heterocycles. The van der Waals surface area contributed by atoms with E-state index in [0.29, 0.717) is 17.5 Å². The second-order valence-corrected chi connectivity index (χ2v) is 7.34. The van der Waals surface area contributed by atoms with Crippen molar-refractivity contribution in [1.29, 1.82) is 10.5 Å². The summed E-state index contributed by atoms with van der Waals surface area (Å²) in [7, 11) is 0. The number of thiophene rings is 1. The van der Waals surface area contributed by atoms with Crippen molar-refractivity contribution in [1.82, 2.24) is 0 Å². The van der Waals surface area contributed by atoms with Gasteiger partial charge in [-0.15, -0.1) is 11.3 Å². The predicted molar refractivity (Wildman–Crippen MR) is 99.5 cm³/mol. The van der Waals surface area contributed by atoms with Crippen molar-refractivity contribution in [3.05, 3.63) is 62.4 Å². The molecule has 0 unspecified atom stereocenters. The molecule has 1 aliphatic carbocycles. The number of benzene rings is 2. The molecule has 114 valence electrons. The van der Waals surface area contributed by atoms with Crippen LogP contribution in [0.15, 0.2) is 40.2 Å². The van der Waals surface area contributed by atoms with E-state index in [1.165, 1.54) is 0 Å². The van der Waals surface area contributed by atoms with Crippen molar-refractivity contribution >= 4 is 33.0 Å². The second kappa shape index (κ2) is 5.49. The Hall–Kier alpha value is -2.60. The fourth-order valence-electron chi connectivity index (χ4n) is 3.37. The fourth-order valence-corrected chi connectivity index (χ4v) is 4.68. The van der Waals surface area contributed by atoms with Gasteiger partial charge in [0.25, 0.3) is 0 Å². The monoisotopic (exact) mass is 391 g/mol. The van der Waals surface area contributed by atoms with Crippen LogP contribution in [-0.2, 0) is 6.42 Å². The summed E-state index contributed by atoms with van der Waals surface area (Å²) in [5.41, 5.74) is 12.2. The number of hydrogen-bond acceptors (Lipinski definition) is 4. The second-order valence-electron chi connectivity index (χ2n) is 5.54. The van der Waals surface area contributed by atoms with Gasteiger partial charge in [0.15, 0.2) is 0 Å². The Morgan fingerprint density at radius 2 is 1.75 bits per heavy atom. The molecular formula is C19H10BrN3S. The third kappa shape index (κ3) is 1.93. The van der Waals surface area contributed by atoms with Gasteiger partial charge in [0.2, 0.25) is 0 Å². The van der Waals surface area contributed by atoms with Crippen LogP contribution < -0.4 is 5.73 Å². The summed E-state index contributed by atoms with van der Waals surface area (Å²) < 4.78 is 1.01. The molecule has 0 spiro atoms. The number of nitrogens with two attached hydrogens (primary N) is 1. The van der Waals surface area contributed by atoms with Crippen molar-refractivity contribution < 1.29 is 0 Å². The largest absolute Gasteiger partial charge is 0.397 e. The molecule has 0 bridgehead atoms. The first-order valence-electron chi connectivity index (χ1n) is 7.27. The number of nitriles is 2. The average Bonchev–Trinajstić information content (AvgIpc) is 3.22. The van der Waals surface area contributed by atoms with Gasteiger partial charge < -0.3 is 5.73 Å². The van der Waals surface area contributed by atoms with E-state index in [2.05, 4.69) is 28.1 Å². The van der Waals surface area contributed by atoms with E-state index in [1.54, 1.807) is 11.3 Å². The first-order chi connectivity index (χ1) is 11.7. The van der Waals surface area contributed by atoms with Gasteiger partial charge in [-0.1, -0.05) is 34.1 Å². The molecule has 4 rings (SSSR count). The first-order valence-corrected chi connectivity index (χ1v) is 8.94. The van der Waals surface area contributed by atoms with E-state index < -0.39 is 0 Å². The van der Waals surface area contributed by atoms with Crippen LogP contribution in [0.1, 0.15) is 22.3 Å². The summed E-state index contributed by atoms with van der Waals surface area (Å²) >= 11 is 5.18. The van der Waals surface area contributed by atoms with Crippen LogP contribution in [0.5, 0.6) is 0 Å². The minimum atomic E-state index is 0.273. The minimum Gasteiger partial charge on any atom is -0.397 e. The number of anilines is 1. The molecule has 3 aromatic rings. The van der Waals surface area contributed by atoms with Gasteiger partial charge in [-0.2, -0.15) is 10.5 Å². The summed E-state index contributed by atoms with van der Waals surface area (Å²) in [6.45, 7) is 0. The molecule has 2 N–H and O–H groups in total. The summed E-state index contributed by atoms with van der Waals surface area (Å²) in [4.78, 5) is 1.00. The normalized spacial score (nSPS) is 11.5. The van der Waals surface area contributed by atoms with Gasteiger partial charge in [-0.05, 0) is 34.2 Å². The molecule has 0 atom stereocenters. The molecule has 0 saturated heterocycles. The smallest absolute Gasteiger partial charge is 0.102 e. The lowest BCUT2D eigenvalue weighted by Crippen LogP contribution is -2.02. The minimum absolute atomic E-state index is 0.273. The lowest BCUT2D eigenvalue weighted by atomic mass is 9.89. The van der Waals surface area contributed by atoms with Crippen LogP contribution in [0.2, 0.25) is 0 Å². The highest BCUT2D eigenvalue weighted by Gasteiger charge is 2.31. The Balaban J connectivity index is 2.18. The molecule has 3 nitrogen and oxygen atoms in total. The van der Waals surface area contributed by atoms with E-state index in [1.807, 2.05) is 35.7 Å². The quantitative estimate of drug-likeness (QED) is 0.460. The zero-order valence-corrected chi connectivity index (χ0v) is 14.8.